The summed E-state index contributed by atoms with van der Waals surface area (Å²) >= 11 is 0. The molecule has 0 aliphatic carbocycles. The zero-order chi connectivity index (χ0) is 14.4. The number of carbonyl (C=O) groups is 1. The van der Waals surface area contributed by atoms with Crippen LogP contribution in [0.3, 0.4) is 0 Å². The van der Waals surface area contributed by atoms with Crippen LogP contribution in [0.5, 0.6) is 5.75 Å². The minimum Gasteiger partial charge on any atom is -0.497 e. The first-order valence-corrected chi connectivity index (χ1v) is 7.42. The molecule has 0 atom stereocenters. The van der Waals surface area contributed by atoms with Gasteiger partial charge in [-0.25, -0.2) is 0 Å². The first-order chi connectivity index (χ1) is 9.76. The van der Waals surface area contributed by atoms with Crippen molar-refractivity contribution in [3.63, 3.8) is 0 Å². The molecule has 1 amide bonds. The van der Waals surface area contributed by atoms with Crippen molar-refractivity contribution in [3.05, 3.63) is 29.8 Å². The number of hydrogen-bond acceptors (Lipinski definition) is 3. The van der Waals surface area contributed by atoms with Gasteiger partial charge in [0.1, 0.15) is 5.75 Å². The Morgan fingerprint density at radius 2 is 1.95 bits per heavy atom. The molecule has 1 aromatic carbocycles. The lowest BCUT2D eigenvalue weighted by Crippen LogP contribution is -2.46. The van der Waals surface area contributed by atoms with E-state index in [2.05, 4.69) is 12.2 Å². The lowest BCUT2D eigenvalue weighted by Gasteiger charge is -2.34. The van der Waals surface area contributed by atoms with Gasteiger partial charge < -0.3 is 15.0 Å². The maximum atomic E-state index is 12.7. The van der Waals surface area contributed by atoms with E-state index in [4.69, 9.17) is 4.74 Å². The number of amides is 1. The summed E-state index contributed by atoms with van der Waals surface area (Å²) in [6, 6.07) is 7.76. The summed E-state index contributed by atoms with van der Waals surface area (Å²) < 4.78 is 5.14. The van der Waals surface area contributed by atoms with Gasteiger partial charge in [-0.15, -0.1) is 0 Å². The van der Waals surface area contributed by atoms with Crippen molar-refractivity contribution in [1.29, 1.82) is 0 Å². The Hall–Kier alpha value is -1.55. The number of benzene rings is 1. The van der Waals surface area contributed by atoms with Gasteiger partial charge in [-0.2, -0.15) is 0 Å². The number of methoxy groups -OCH3 is 1. The molecule has 4 nitrogen and oxygen atoms in total. The second-order valence-electron chi connectivity index (χ2n) is 5.21. The van der Waals surface area contributed by atoms with Gasteiger partial charge in [-0.05, 0) is 56.6 Å². The minimum absolute atomic E-state index is 0.140. The smallest absolute Gasteiger partial charge is 0.254 e. The van der Waals surface area contributed by atoms with Gasteiger partial charge in [0, 0.05) is 18.2 Å². The molecule has 1 aliphatic rings. The predicted molar refractivity (Wildman–Crippen MR) is 80.2 cm³/mol. The van der Waals surface area contributed by atoms with Gasteiger partial charge in [-0.3, -0.25) is 4.79 Å². The number of nitrogens with zero attached hydrogens (tertiary/aromatic N) is 1. The van der Waals surface area contributed by atoms with E-state index in [0.717, 1.165) is 50.2 Å². The molecule has 1 aromatic rings. The van der Waals surface area contributed by atoms with Crippen molar-refractivity contribution >= 4 is 5.91 Å². The second-order valence-corrected chi connectivity index (χ2v) is 5.21. The summed E-state index contributed by atoms with van der Waals surface area (Å²) in [6.45, 7) is 4.95. The molecule has 0 saturated carbocycles. The highest BCUT2D eigenvalue weighted by molar-refractivity contribution is 5.94. The summed E-state index contributed by atoms with van der Waals surface area (Å²) in [4.78, 5) is 14.7. The number of hydrogen-bond donors (Lipinski definition) is 1. The van der Waals surface area contributed by atoms with E-state index in [9.17, 15) is 4.79 Å². The van der Waals surface area contributed by atoms with Gasteiger partial charge in [0.25, 0.3) is 5.91 Å². The third-order valence-corrected chi connectivity index (χ3v) is 3.81. The highest BCUT2D eigenvalue weighted by Gasteiger charge is 2.25. The fourth-order valence-electron chi connectivity index (χ4n) is 2.71. The van der Waals surface area contributed by atoms with Crippen LogP contribution in [-0.2, 0) is 0 Å². The lowest BCUT2D eigenvalue weighted by atomic mass is 10.0. The average Bonchev–Trinajstić information content (AvgIpc) is 2.53. The Bertz CT molecular complexity index is 425. The van der Waals surface area contributed by atoms with E-state index < -0.39 is 0 Å². The fraction of sp³-hybridized carbons (Fsp3) is 0.562. The van der Waals surface area contributed by atoms with Crippen LogP contribution < -0.4 is 10.1 Å². The molecule has 0 radical (unpaired) electrons. The monoisotopic (exact) mass is 276 g/mol. The van der Waals surface area contributed by atoms with Gasteiger partial charge in [0.2, 0.25) is 0 Å². The Kier molecular flexibility index (Phi) is 5.41. The van der Waals surface area contributed by atoms with Crippen LogP contribution in [0.15, 0.2) is 24.3 Å². The summed E-state index contributed by atoms with van der Waals surface area (Å²) in [5, 5.41) is 3.35. The molecule has 2 rings (SSSR count). The molecule has 0 unspecified atom stereocenters. The van der Waals surface area contributed by atoms with Crippen LogP contribution in [0.25, 0.3) is 0 Å². The van der Waals surface area contributed by atoms with Crippen LogP contribution in [0.1, 0.15) is 36.5 Å². The summed E-state index contributed by atoms with van der Waals surface area (Å²) in [7, 11) is 1.63. The molecule has 0 aromatic heterocycles. The number of rotatable bonds is 5. The molecule has 1 fully saturated rings. The van der Waals surface area contributed by atoms with Crippen LogP contribution in [0, 0.1) is 0 Å². The highest BCUT2D eigenvalue weighted by Crippen LogP contribution is 2.18. The largest absolute Gasteiger partial charge is 0.497 e. The topological polar surface area (TPSA) is 41.6 Å². The van der Waals surface area contributed by atoms with Crippen molar-refractivity contribution in [2.45, 2.75) is 32.2 Å². The Labute approximate surface area is 121 Å². The van der Waals surface area contributed by atoms with Gasteiger partial charge >= 0.3 is 0 Å². The first kappa shape index (κ1) is 14.9. The Balaban J connectivity index is 2.12. The van der Waals surface area contributed by atoms with E-state index >= 15 is 0 Å². The van der Waals surface area contributed by atoms with Crippen molar-refractivity contribution in [1.82, 2.24) is 10.2 Å². The predicted octanol–water partition coefficient (Wildman–Crippen LogP) is 2.30. The van der Waals surface area contributed by atoms with Crippen molar-refractivity contribution in [3.8, 4) is 5.75 Å². The summed E-state index contributed by atoms with van der Waals surface area (Å²) in [5.41, 5.74) is 0.748. The molecule has 4 heteroatoms. The fourth-order valence-corrected chi connectivity index (χ4v) is 2.71. The van der Waals surface area contributed by atoms with Crippen molar-refractivity contribution in [2.24, 2.45) is 0 Å². The molecule has 20 heavy (non-hydrogen) atoms. The van der Waals surface area contributed by atoms with Gasteiger partial charge in [0.15, 0.2) is 0 Å². The summed E-state index contributed by atoms with van der Waals surface area (Å²) in [6.07, 6.45) is 3.08. The SMILES string of the molecule is CCCN(C(=O)c1ccc(OC)cc1)C1CCNCC1. The first-order valence-electron chi connectivity index (χ1n) is 7.42. The van der Waals surface area contributed by atoms with Crippen LogP contribution >= 0.6 is 0 Å². The maximum Gasteiger partial charge on any atom is 0.254 e. The van der Waals surface area contributed by atoms with Crippen LogP contribution in [0.4, 0.5) is 0 Å². The number of piperidine rings is 1. The molecular formula is C16H24N2O2. The minimum atomic E-state index is 0.140. The molecule has 1 aliphatic heterocycles. The van der Waals surface area contributed by atoms with E-state index in [1.54, 1.807) is 7.11 Å². The van der Waals surface area contributed by atoms with Gasteiger partial charge in [0.05, 0.1) is 7.11 Å². The quantitative estimate of drug-likeness (QED) is 0.897. The molecular weight excluding hydrogens is 252 g/mol. The van der Waals surface area contributed by atoms with E-state index in [1.165, 1.54) is 0 Å². The highest BCUT2D eigenvalue weighted by atomic mass is 16.5. The van der Waals surface area contributed by atoms with E-state index in [0.29, 0.717) is 6.04 Å². The molecule has 1 saturated heterocycles. The van der Waals surface area contributed by atoms with Gasteiger partial charge in [-0.1, -0.05) is 6.92 Å². The Morgan fingerprint density at radius 3 is 2.50 bits per heavy atom. The third kappa shape index (κ3) is 3.51. The van der Waals surface area contributed by atoms with Crippen LogP contribution in [0.2, 0.25) is 0 Å². The number of nitrogens with one attached hydrogen (secondary N) is 1. The standard InChI is InChI=1S/C16H24N2O2/c1-3-12-18(14-8-10-17-11-9-14)16(19)13-4-6-15(20-2)7-5-13/h4-7,14,17H,3,8-12H2,1-2H3. The second kappa shape index (κ2) is 7.29. The molecule has 0 spiro atoms. The van der Waals surface area contributed by atoms with E-state index in [-0.39, 0.29) is 5.91 Å². The zero-order valence-electron chi connectivity index (χ0n) is 12.4. The number of ether oxygens (including phenoxy) is 1. The third-order valence-electron chi connectivity index (χ3n) is 3.81. The van der Waals surface area contributed by atoms with Crippen molar-refractivity contribution < 1.29 is 9.53 Å². The Morgan fingerprint density at radius 1 is 1.30 bits per heavy atom. The zero-order valence-corrected chi connectivity index (χ0v) is 12.4. The van der Waals surface area contributed by atoms with Crippen LogP contribution in [-0.4, -0.2) is 43.6 Å². The van der Waals surface area contributed by atoms with Crippen molar-refractivity contribution in [2.75, 3.05) is 26.7 Å². The molecule has 0 bridgehead atoms. The van der Waals surface area contributed by atoms with E-state index in [1.807, 2.05) is 29.2 Å². The maximum absolute atomic E-state index is 12.7. The molecule has 1 heterocycles. The average molecular weight is 276 g/mol. The molecule has 1 N–H and O–H groups in total. The molecule has 110 valence electrons. The lowest BCUT2D eigenvalue weighted by molar-refractivity contribution is 0.0642. The normalized spacial score (nSPS) is 15.9. The summed E-state index contributed by atoms with van der Waals surface area (Å²) in [5.74, 6) is 0.923. The number of carbonyl (C=O) groups excluding carboxylic acids is 1.